The molecule has 0 saturated heterocycles. The maximum Gasteiger partial charge on any atom is 0.215 e. The number of aromatic hydroxyl groups is 1. The first kappa shape index (κ1) is 15.3. The van der Waals surface area contributed by atoms with Gasteiger partial charge in [0.05, 0.1) is 0 Å². The van der Waals surface area contributed by atoms with Crippen LogP contribution in [0.4, 0.5) is 0 Å². The lowest BCUT2D eigenvalue weighted by atomic mass is 10.2. The van der Waals surface area contributed by atoms with Crippen LogP contribution in [0.3, 0.4) is 0 Å². The first-order valence-electron chi connectivity index (χ1n) is 5.25. The molecule has 1 heterocycles. The SMILES string of the molecule is C/C(Cl)=C(\C=C(/C)Cl)CSc1nc(C)cc(O)n1. The molecule has 0 amide bonds. The van der Waals surface area contributed by atoms with Crippen LogP contribution >= 0.6 is 35.0 Å². The number of hydrogen-bond donors (Lipinski definition) is 1. The highest BCUT2D eigenvalue weighted by molar-refractivity contribution is 7.99. The molecule has 0 bridgehead atoms. The average Bonchev–Trinajstić information content (AvgIpc) is 2.21. The fourth-order valence-electron chi connectivity index (χ4n) is 1.21. The summed E-state index contributed by atoms with van der Waals surface area (Å²) in [7, 11) is 0. The van der Waals surface area contributed by atoms with E-state index in [1.165, 1.54) is 17.8 Å². The van der Waals surface area contributed by atoms with Gasteiger partial charge in [-0.3, -0.25) is 0 Å². The van der Waals surface area contributed by atoms with E-state index in [0.717, 1.165) is 11.3 Å². The van der Waals surface area contributed by atoms with Gasteiger partial charge in [-0.15, -0.1) is 0 Å². The molecule has 0 aliphatic heterocycles. The van der Waals surface area contributed by atoms with Crippen LogP contribution in [-0.2, 0) is 0 Å². The van der Waals surface area contributed by atoms with E-state index < -0.39 is 0 Å². The minimum atomic E-state index is -0.0257. The summed E-state index contributed by atoms with van der Waals surface area (Å²) in [5.41, 5.74) is 1.64. The zero-order valence-electron chi connectivity index (χ0n) is 10.4. The Morgan fingerprint density at radius 1 is 1.39 bits per heavy atom. The number of halogens is 2. The number of aryl methyl sites for hydroxylation is 1. The van der Waals surface area contributed by atoms with Crippen LogP contribution in [-0.4, -0.2) is 20.8 Å². The van der Waals surface area contributed by atoms with Crippen LogP contribution in [0, 0.1) is 6.92 Å². The summed E-state index contributed by atoms with van der Waals surface area (Å²) in [6.45, 7) is 5.40. The van der Waals surface area contributed by atoms with Gasteiger partial charge in [-0.2, -0.15) is 4.98 Å². The van der Waals surface area contributed by atoms with E-state index in [9.17, 15) is 5.11 Å². The molecule has 1 aromatic rings. The number of aromatic nitrogens is 2. The van der Waals surface area contributed by atoms with Gasteiger partial charge >= 0.3 is 0 Å². The summed E-state index contributed by atoms with van der Waals surface area (Å²) in [5.74, 6) is 0.574. The molecule has 0 saturated carbocycles. The van der Waals surface area contributed by atoms with Gasteiger partial charge < -0.3 is 5.11 Å². The van der Waals surface area contributed by atoms with E-state index in [2.05, 4.69) is 9.97 Å². The molecular formula is C12H14Cl2N2OS. The molecule has 1 N–H and O–H groups in total. The molecule has 0 radical (unpaired) electrons. The number of hydrogen-bond acceptors (Lipinski definition) is 4. The zero-order valence-corrected chi connectivity index (χ0v) is 12.7. The molecule has 0 unspecified atom stereocenters. The van der Waals surface area contributed by atoms with E-state index in [0.29, 0.717) is 21.0 Å². The molecule has 0 aromatic carbocycles. The Kier molecular flexibility index (Phi) is 5.99. The normalized spacial score (nSPS) is 13.5. The van der Waals surface area contributed by atoms with E-state index in [1.807, 2.05) is 13.0 Å². The standard InChI is InChI=1S/C12H14Cl2N2OS/c1-7(13)4-10(9(3)14)6-18-12-15-8(2)5-11(17)16-12/h4-5H,6H2,1-3H3,(H,15,16,17)/b7-4+,10-9-. The van der Waals surface area contributed by atoms with Crippen molar-refractivity contribution in [2.24, 2.45) is 0 Å². The van der Waals surface area contributed by atoms with Crippen molar-refractivity contribution in [3.8, 4) is 5.88 Å². The Labute approximate surface area is 121 Å². The third kappa shape index (κ3) is 5.29. The molecule has 3 nitrogen and oxygen atoms in total. The third-order valence-electron chi connectivity index (χ3n) is 1.99. The highest BCUT2D eigenvalue weighted by Gasteiger charge is 2.05. The van der Waals surface area contributed by atoms with Crippen LogP contribution < -0.4 is 0 Å². The van der Waals surface area contributed by atoms with Crippen LogP contribution in [0.15, 0.2) is 32.9 Å². The second kappa shape index (κ2) is 7.02. The van der Waals surface area contributed by atoms with Crippen molar-refractivity contribution >= 4 is 35.0 Å². The predicted octanol–water partition coefficient (Wildman–Crippen LogP) is 4.24. The van der Waals surface area contributed by atoms with Crippen molar-refractivity contribution in [3.05, 3.63) is 33.5 Å². The zero-order chi connectivity index (χ0) is 13.7. The van der Waals surface area contributed by atoms with Gasteiger partial charge in [-0.1, -0.05) is 35.0 Å². The van der Waals surface area contributed by atoms with Crippen LogP contribution in [0.2, 0.25) is 0 Å². The predicted molar refractivity (Wildman–Crippen MR) is 77.3 cm³/mol. The van der Waals surface area contributed by atoms with Gasteiger partial charge in [0.15, 0.2) is 5.16 Å². The molecule has 0 aliphatic rings. The average molecular weight is 305 g/mol. The Hall–Kier alpha value is -0.710. The maximum atomic E-state index is 9.38. The molecule has 1 rings (SSSR count). The summed E-state index contributed by atoms with van der Waals surface area (Å²) >= 11 is 13.2. The van der Waals surface area contributed by atoms with Crippen molar-refractivity contribution in [3.63, 3.8) is 0 Å². The highest BCUT2D eigenvalue weighted by atomic mass is 35.5. The quantitative estimate of drug-likeness (QED) is 0.513. The first-order chi connectivity index (χ1) is 8.38. The smallest absolute Gasteiger partial charge is 0.215 e. The van der Waals surface area contributed by atoms with Crippen molar-refractivity contribution in [2.75, 3.05) is 5.75 Å². The Bertz CT molecular complexity index is 473. The lowest BCUT2D eigenvalue weighted by molar-refractivity contribution is 0.444. The van der Waals surface area contributed by atoms with Crippen molar-refractivity contribution in [1.29, 1.82) is 0 Å². The molecule has 6 heteroatoms. The summed E-state index contributed by atoms with van der Waals surface area (Å²) < 4.78 is 0. The molecular weight excluding hydrogens is 291 g/mol. The van der Waals surface area contributed by atoms with Gasteiger partial charge in [0, 0.05) is 27.6 Å². The Morgan fingerprint density at radius 2 is 2.06 bits per heavy atom. The first-order valence-corrected chi connectivity index (χ1v) is 6.99. The second-order valence-electron chi connectivity index (χ2n) is 3.73. The van der Waals surface area contributed by atoms with Crippen LogP contribution in [0.5, 0.6) is 5.88 Å². The molecule has 18 heavy (non-hydrogen) atoms. The number of nitrogens with zero attached hydrogens (tertiary/aromatic N) is 2. The number of rotatable bonds is 4. The van der Waals surface area contributed by atoms with Gasteiger partial charge in [0.2, 0.25) is 5.88 Å². The second-order valence-corrected chi connectivity index (χ2v) is 5.83. The monoisotopic (exact) mass is 304 g/mol. The van der Waals surface area contributed by atoms with E-state index in [-0.39, 0.29) is 5.88 Å². The van der Waals surface area contributed by atoms with Crippen molar-refractivity contribution in [2.45, 2.75) is 25.9 Å². The number of allylic oxidation sites excluding steroid dienone is 3. The molecule has 0 atom stereocenters. The lowest BCUT2D eigenvalue weighted by Crippen LogP contribution is -1.93. The van der Waals surface area contributed by atoms with E-state index in [4.69, 9.17) is 23.2 Å². The van der Waals surface area contributed by atoms with E-state index in [1.54, 1.807) is 13.8 Å². The number of thioether (sulfide) groups is 1. The van der Waals surface area contributed by atoms with Gasteiger partial charge in [0.25, 0.3) is 0 Å². The highest BCUT2D eigenvalue weighted by Crippen LogP contribution is 2.23. The molecule has 98 valence electrons. The summed E-state index contributed by atoms with van der Waals surface area (Å²) in [4.78, 5) is 8.15. The van der Waals surface area contributed by atoms with Crippen molar-refractivity contribution < 1.29 is 5.11 Å². The molecule has 1 aromatic heterocycles. The topological polar surface area (TPSA) is 46.0 Å². The van der Waals surface area contributed by atoms with E-state index >= 15 is 0 Å². The fourth-order valence-corrected chi connectivity index (χ4v) is 2.50. The van der Waals surface area contributed by atoms with Crippen LogP contribution in [0.25, 0.3) is 0 Å². The summed E-state index contributed by atoms with van der Waals surface area (Å²) in [5, 5.41) is 11.2. The molecule has 0 fully saturated rings. The lowest BCUT2D eigenvalue weighted by Gasteiger charge is -2.05. The third-order valence-corrected chi connectivity index (χ3v) is 3.24. The summed E-state index contributed by atoms with van der Waals surface area (Å²) in [6, 6.07) is 1.51. The molecule has 0 aliphatic carbocycles. The van der Waals surface area contributed by atoms with Gasteiger partial charge in [0.1, 0.15) is 0 Å². The largest absolute Gasteiger partial charge is 0.493 e. The van der Waals surface area contributed by atoms with Crippen LogP contribution in [0.1, 0.15) is 19.5 Å². The van der Waals surface area contributed by atoms with Gasteiger partial charge in [-0.25, -0.2) is 4.98 Å². The Balaban J connectivity index is 2.80. The fraction of sp³-hybridized carbons (Fsp3) is 0.333. The minimum absolute atomic E-state index is 0.0257. The van der Waals surface area contributed by atoms with Crippen molar-refractivity contribution in [1.82, 2.24) is 9.97 Å². The minimum Gasteiger partial charge on any atom is -0.493 e. The van der Waals surface area contributed by atoms with Gasteiger partial charge in [-0.05, 0) is 32.4 Å². The maximum absolute atomic E-state index is 9.38. The summed E-state index contributed by atoms with van der Waals surface area (Å²) in [6.07, 6.45) is 1.81. The molecule has 0 spiro atoms. The Morgan fingerprint density at radius 3 is 2.56 bits per heavy atom.